The summed E-state index contributed by atoms with van der Waals surface area (Å²) >= 11 is 0. The molecule has 0 aliphatic heterocycles. The molecule has 0 unspecified atom stereocenters. The molecule has 1 fully saturated rings. The largest absolute Gasteiger partial charge is 0.0956 e. The average molecular weight is 176 g/mol. The quantitative estimate of drug-likeness (QED) is 0.555. The Balaban J connectivity index is 2.80. The molecular formula is C13H20. The Labute approximate surface area is 82.0 Å². The maximum Gasteiger partial charge on any atom is -0.0276 e. The highest BCUT2D eigenvalue weighted by Crippen LogP contribution is 2.28. The number of rotatable bonds is 1. The summed E-state index contributed by atoms with van der Waals surface area (Å²) in [6, 6.07) is 0. The highest BCUT2D eigenvalue weighted by Gasteiger charge is 2.08. The lowest BCUT2D eigenvalue weighted by atomic mass is 9.89. The van der Waals surface area contributed by atoms with Gasteiger partial charge >= 0.3 is 0 Å². The summed E-state index contributed by atoms with van der Waals surface area (Å²) in [4.78, 5) is 0. The normalized spacial score (nSPS) is 20.5. The van der Waals surface area contributed by atoms with Gasteiger partial charge in [-0.05, 0) is 52.0 Å². The first-order chi connectivity index (χ1) is 6.11. The van der Waals surface area contributed by atoms with Gasteiger partial charge in [-0.3, -0.25) is 0 Å². The smallest absolute Gasteiger partial charge is 0.0276 e. The van der Waals surface area contributed by atoms with E-state index in [-0.39, 0.29) is 0 Å². The van der Waals surface area contributed by atoms with E-state index in [1.165, 1.54) is 48.0 Å². The van der Waals surface area contributed by atoms with Gasteiger partial charge in [0.1, 0.15) is 0 Å². The SMILES string of the molecule is C=C1CCCC/C1=C/C(C)=C(C)C. The van der Waals surface area contributed by atoms with E-state index in [0.29, 0.717) is 0 Å². The van der Waals surface area contributed by atoms with Gasteiger partial charge < -0.3 is 0 Å². The molecular weight excluding hydrogens is 156 g/mol. The van der Waals surface area contributed by atoms with Crippen molar-refractivity contribution in [2.24, 2.45) is 0 Å². The molecule has 0 bridgehead atoms. The van der Waals surface area contributed by atoms with Crippen LogP contribution in [0.4, 0.5) is 0 Å². The van der Waals surface area contributed by atoms with Crippen LogP contribution >= 0.6 is 0 Å². The van der Waals surface area contributed by atoms with Crippen LogP contribution in [0, 0.1) is 0 Å². The molecule has 0 aromatic carbocycles. The van der Waals surface area contributed by atoms with Crippen molar-refractivity contribution >= 4 is 0 Å². The summed E-state index contributed by atoms with van der Waals surface area (Å²) in [6.45, 7) is 10.6. The molecule has 1 aliphatic carbocycles. The van der Waals surface area contributed by atoms with E-state index < -0.39 is 0 Å². The second-order valence-corrected chi connectivity index (χ2v) is 4.16. The molecule has 0 aromatic rings. The summed E-state index contributed by atoms with van der Waals surface area (Å²) in [7, 11) is 0. The average Bonchev–Trinajstić information content (AvgIpc) is 2.08. The predicted molar refractivity (Wildman–Crippen MR) is 59.7 cm³/mol. The number of hydrogen-bond donors (Lipinski definition) is 0. The van der Waals surface area contributed by atoms with Crippen molar-refractivity contribution in [3.8, 4) is 0 Å². The van der Waals surface area contributed by atoms with Crippen molar-refractivity contribution in [2.45, 2.75) is 46.5 Å². The lowest BCUT2D eigenvalue weighted by Gasteiger charge is -2.17. The van der Waals surface area contributed by atoms with Gasteiger partial charge in [0, 0.05) is 0 Å². The third kappa shape index (κ3) is 2.87. The molecule has 1 saturated carbocycles. The molecule has 0 N–H and O–H groups in total. The van der Waals surface area contributed by atoms with Gasteiger partial charge in [-0.2, -0.15) is 0 Å². The van der Waals surface area contributed by atoms with Crippen LogP contribution in [0.2, 0.25) is 0 Å². The van der Waals surface area contributed by atoms with Gasteiger partial charge in [-0.25, -0.2) is 0 Å². The van der Waals surface area contributed by atoms with Crippen LogP contribution in [0.5, 0.6) is 0 Å². The molecule has 72 valence electrons. The third-order valence-corrected chi connectivity index (χ3v) is 2.81. The molecule has 0 spiro atoms. The summed E-state index contributed by atoms with van der Waals surface area (Å²) < 4.78 is 0. The number of allylic oxidation sites excluding steroid dienone is 5. The zero-order chi connectivity index (χ0) is 9.84. The molecule has 0 amide bonds. The highest BCUT2D eigenvalue weighted by atomic mass is 14.1. The standard InChI is InChI=1S/C13H20/c1-10(2)12(4)9-13-8-6-5-7-11(13)3/h9H,3,5-8H2,1-2,4H3/b13-9-. The van der Waals surface area contributed by atoms with Crippen molar-refractivity contribution in [1.29, 1.82) is 0 Å². The van der Waals surface area contributed by atoms with E-state index in [1.54, 1.807) is 0 Å². The first-order valence-corrected chi connectivity index (χ1v) is 5.14. The van der Waals surface area contributed by atoms with Crippen molar-refractivity contribution < 1.29 is 0 Å². The Bertz CT molecular complexity index is 260. The zero-order valence-corrected chi connectivity index (χ0v) is 9.11. The van der Waals surface area contributed by atoms with E-state index in [9.17, 15) is 0 Å². The van der Waals surface area contributed by atoms with E-state index in [1.807, 2.05) is 0 Å². The fourth-order valence-electron chi connectivity index (χ4n) is 1.57. The van der Waals surface area contributed by atoms with Crippen LogP contribution in [0.25, 0.3) is 0 Å². The Morgan fingerprint density at radius 2 is 1.77 bits per heavy atom. The van der Waals surface area contributed by atoms with Gasteiger partial charge in [-0.15, -0.1) is 0 Å². The first-order valence-electron chi connectivity index (χ1n) is 5.14. The minimum absolute atomic E-state index is 1.20. The summed E-state index contributed by atoms with van der Waals surface area (Å²) in [5.74, 6) is 0. The predicted octanol–water partition coefficient (Wildman–Crippen LogP) is 4.40. The van der Waals surface area contributed by atoms with Crippen LogP contribution in [-0.2, 0) is 0 Å². The maximum atomic E-state index is 4.12. The van der Waals surface area contributed by atoms with E-state index in [0.717, 1.165) is 0 Å². The van der Waals surface area contributed by atoms with Crippen LogP contribution in [0.3, 0.4) is 0 Å². The van der Waals surface area contributed by atoms with Gasteiger partial charge in [0.05, 0.1) is 0 Å². The second kappa shape index (κ2) is 4.45. The Morgan fingerprint density at radius 1 is 1.15 bits per heavy atom. The molecule has 0 radical (unpaired) electrons. The summed E-state index contributed by atoms with van der Waals surface area (Å²) in [6.07, 6.45) is 7.40. The van der Waals surface area contributed by atoms with E-state index >= 15 is 0 Å². The van der Waals surface area contributed by atoms with E-state index in [4.69, 9.17) is 0 Å². The fraction of sp³-hybridized carbons (Fsp3) is 0.538. The number of hydrogen-bond acceptors (Lipinski definition) is 0. The lowest BCUT2D eigenvalue weighted by molar-refractivity contribution is 0.680. The molecule has 1 aliphatic rings. The molecule has 0 nitrogen and oxygen atoms in total. The van der Waals surface area contributed by atoms with Crippen molar-refractivity contribution in [2.75, 3.05) is 0 Å². The van der Waals surface area contributed by atoms with Crippen molar-refractivity contribution in [3.63, 3.8) is 0 Å². The third-order valence-electron chi connectivity index (χ3n) is 2.81. The van der Waals surface area contributed by atoms with Gasteiger partial charge in [0.25, 0.3) is 0 Å². The zero-order valence-electron chi connectivity index (χ0n) is 9.11. The lowest BCUT2D eigenvalue weighted by Crippen LogP contribution is -1.97. The van der Waals surface area contributed by atoms with Crippen LogP contribution < -0.4 is 0 Å². The summed E-state index contributed by atoms with van der Waals surface area (Å²) in [5.41, 5.74) is 5.64. The van der Waals surface area contributed by atoms with Gasteiger partial charge in [0.15, 0.2) is 0 Å². The minimum Gasteiger partial charge on any atom is -0.0956 e. The van der Waals surface area contributed by atoms with Crippen LogP contribution in [-0.4, -0.2) is 0 Å². The Morgan fingerprint density at radius 3 is 2.31 bits per heavy atom. The van der Waals surface area contributed by atoms with Crippen molar-refractivity contribution in [1.82, 2.24) is 0 Å². The van der Waals surface area contributed by atoms with Gasteiger partial charge in [0.2, 0.25) is 0 Å². The Hall–Kier alpha value is -0.780. The van der Waals surface area contributed by atoms with Gasteiger partial charge in [-0.1, -0.05) is 29.4 Å². The monoisotopic (exact) mass is 176 g/mol. The van der Waals surface area contributed by atoms with Crippen LogP contribution in [0.15, 0.2) is 34.9 Å². The molecule has 0 heterocycles. The van der Waals surface area contributed by atoms with Crippen molar-refractivity contribution in [3.05, 3.63) is 34.9 Å². The molecule has 0 heteroatoms. The van der Waals surface area contributed by atoms with E-state index in [2.05, 4.69) is 33.4 Å². The summed E-state index contributed by atoms with van der Waals surface area (Å²) in [5, 5.41) is 0. The minimum atomic E-state index is 1.20. The highest BCUT2D eigenvalue weighted by molar-refractivity contribution is 5.37. The Kier molecular flexibility index (Phi) is 3.53. The molecule has 1 rings (SSSR count). The molecule has 0 aromatic heterocycles. The topological polar surface area (TPSA) is 0 Å². The fourth-order valence-corrected chi connectivity index (χ4v) is 1.57. The van der Waals surface area contributed by atoms with Crippen LogP contribution in [0.1, 0.15) is 46.5 Å². The first kappa shape index (κ1) is 10.3. The molecule has 0 atom stereocenters. The molecule has 13 heavy (non-hydrogen) atoms. The second-order valence-electron chi connectivity index (χ2n) is 4.16. The molecule has 0 saturated heterocycles. The maximum absolute atomic E-state index is 4.12.